The lowest BCUT2D eigenvalue weighted by atomic mass is 9.90. The molecule has 1 saturated heterocycles. The first-order valence-corrected chi connectivity index (χ1v) is 5.22. The number of hydrogen-bond donors (Lipinski definition) is 1. The van der Waals surface area contributed by atoms with Crippen LogP contribution in [0.5, 0.6) is 0 Å². The molecule has 0 spiro atoms. The Kier molecular flexibility index (Phi) is 4.46. The summed E-state index contributed by atoms with van der Waals surface area (Å²) in [7, 11) is 0. The van der Waals surface area contributed by atoms with Gasteiger partial charge in [-0.25, -0.2) is 0 Å². The van der Waals surface area contributed by atoms with Crippen molar-refractivity contribution in [3.8, 4) is 0 Å². The first kappa shape index (κ1) is 10.7. The highest BCUT2D eigenvalue weighted by Crippen LogP contribution is 2.21. The summed E-state index contributed by atoms with van der Waals surface area (Å²) in [5.74, 6) is 0.631. The summed E-state index contributed by atoms with van der Waals surface area (Å²) >= 11 is 0. The monoisotopic (exact) mass is 183 g/mol. The largest absolute Gasteiger partial charge is 0.381 e. The van der Waals surface area contributed by atoms with E-state index in [1.807, 2.05) is 0 Å². The third-order valence-electron chi connectivity index (χ3n) is 2.62. The Balaban J connectivity index is 2.46. The summed E-state index contributed by atoms with van der Waals surface area (Å²) in [6, 6.07) is 0.449. The van der Waals surface area contributed by atoms with Crippen LogP contribution in [0.3, 0.4) is 0 Å². The minimum atomic E-state index is 0.449. The standard InChI is InChI=1S/C11H21NO/c1-4-12-11(9(2)3)10-6-5-7-13-8-10/h10-12H,2,4-8H2,1,3H3. The fourth-order valence-electron chi connectivity index (χ4n) is 1.99. The van der Waals surface area contributed by atoms with Crippen molar-refractivity contribution in [3.63, 3.8) is 0 Å². The van der Waals surface area contributed by atoms with E-state index in [1.165, 1.54) is 18.4 Å². The fraction of sp³-hybridized carbons (Fsp3) is 0.818. The number of ether oxygens (including phenoxy) is 1. The van der Waals surface area contributed by atoms with E-state index in [4.69, 9.17) is 4.74 Å². The number of rotatable bonds is 4. The summed E-state index contributed by atoms with van der Waals surface area (Å²) in [4.78, 5) is 0. The molecule has 1 fully saturated rings. The molecule has 0 saturated carbocycles. The average Bonchev–Trinajstić information content (AvgIpc) is 2.15. The molecule has 0 radical (unpaired) electrons. The predicted molar refractivity (Wildman–Crippen MR) is 55.8 cm³/mol. The summed E-state index contributed by atoms with van der Waals surface area (Å²) < 4.78 is 5.48. The van der Waals surface area contributed by atoms with Crippen molar-refractivity contribution in [2.45, 2.75) is 32.7 Å². The predicted octanol–water partition coefficient (Wildman–Crippen LogP) is 1.97. The van der Waals surface area contributed by atoms with Gasteiger partial charge in [-0.05, 0) is 26.3 Å². The maximum atomic E-state index is 5.48. The first-order valence-electron chi connectivity index (χ1n) is 5.22. The van der Waals surface area contributed by atoms with Gasteiger partial charge in [0.1, 0.15) is 0 Å². The van der Waals surface area contributed by atoms with Gasteiger partial charge in [-0.15, -0.1) is 0 Å². The summed E-state index contributed by atoms with van der Waals surface area (Å²) in [5, 5.41) is 3.47. The SMILES string of the molecule is C=C(C)C(NCC)C1CCCOC1. The van der Waals surface area contributed by atoms with Gasteiger partial charge in [0.15, 0.2) is 0 Å². The molecule has 2 unspecified atom stereocenters. The Hall–Kier alpha value is -0.340. The fourth-order valence-corrected chi connectivity index (χ4v) is 1.99. The van der Waals surface area contributed by atoms with Gasteiger partial charge >= 0.3 is 0 Å². The lowest BCUT2D eigenvalue weighted by molar-refractivity contribution is 0.0446. The number of hydrogen-bond acceptors (Lipinski definition) is 2. The van der Waals surface area contributed by atoms with Crippen LogP contribution in [0.1, 0.15) is 26.7 Å². The van der Waals surface area contributed by atoms with Crippen molar-refractivity contribution >= 4 is 0 Å². The molecule has 2 heteroatoms. The average molecular weight is 183 g/mol. The maximum absolute atomic E-state index is 5.48. The van der Waals surface area contributed by atoms with E-state index in [-0.39, 0.29) is 0 Å². The topological polar surface area (TPSA) is 21.3 Å². The van der Waals surface area contributed by atoms with Gasteiger partial charge in [0.25, 0.3) is 0 Å². The van der Waals surface area contributed by atoms with E-state index in [0.717, 1.165) is 19.8 Å². The molecule has 2 atom stereocenters. The zero-order chi connectivity index (χ0) is 9.68. The molecule has 0 amide bonds. The Morgan fingerprint density at radius 3 is 2.92 bits per heavy atom. The number of likely N-dealkylation sites (N-methyl/N-ethyl adjacent to an activating group) is 1. The molecule has 0 aliphatic carbocycles. The van der Waals surface area contributed by atoms with Crippen LogP contribution in [0.4, 0.5) is 0 Å². The number of nitrogens with one attached hydrogen (secondary N) is 1. The van der Waals surface area contributed by atoms with E-state index >= 15 is 0 Å². The molecule has 0 aromatic carbocycles. The molecule has 1 aliphatic heterocycles. The van der Waals surface area contributed by atoms with E-state index in [2.05, 4.69) is 25.7 Å². The van der Waals surface area contributed by atoms with Crippen molar-refractivity contribution in [3.05, 3.63) is 12.2 Å². The van der Waals surface area contributed by atoms with Crippen molar-refractivity contribution < 1.29 is 4.74 Å². The molecular formula is C11H21NO. The Morgan fingerprint density at radius 2 is 2.46 bits per heavy atom. The van der Waals surface area contributed by atoms with Gasteiger partial charge in [-0.2, -0.15) is 0 Å². The summed E-state index contributed by atoms with van der Waals surface area (Å²) in [5.41, 5.74) is 1.23. The second-order valence-corrected chi connectivity index (χ2v) is 3.86. The van der Waals surface area contributed by atoms with Crippen molar-refractivity contribution in [2.24, 2.45) is 5.92 Å². The van der Waals surface area contributed by atoms with Gasteiger partial charge in [-0.3, -0.25) is 0 Å². The van der Waals surface area contributed by atoms with Gasteiger partial charge in [0, 0.05) is 18.6 Å². The van der Waals surface area contributed by atoms with Crippen LogP contribution in [-0.2, 0) is 4.74 Å². The third-order valence-corrected chi connectivity index (χ3v) is 2.62. The molecule has 1 heterocycles. The summed E-state index contributed by atoms with van der Waals surface area (Å²) in [6.07, 6.45) is 2.46. The van der Waals surface area contributed by atoms with Crippen LogP contribution in [0.2, 0.25) is 0 Å². The third kappa shape index (κ3) is 3.12. The van der Waals surface area contributed by atoms with E-state index < -0.39 is 0 Å². The minimum absolute atomic E-state index is 0.449. The molecule has 0 bridgehead atoms. The van der Waals surface area contributed by atoms with Crippen LogP contribution in [-0.4, -0.2) is 25.8 Å². The van der Waals surface area contributed by atoms with Crippen LogP contribution in [0, 0.1) is 5.92 Å². The van der Waals surface area contributed by atoms with E-state index in [1.54, 1.807) is 0 Å². The molecule has 0 aromatic rings. The molecule has 1 rings (SSSR count). The van der Waals surface area contributed by atoms with Crippen molar-refractivity contribution in [1.82, 2.24) is 5.32 Å². The Bertz CT molecular complexity index is 161. The quantitative estimate of drug-likeness (QED) is 0.673. The second-order valence-electron chi connectivity index (χ2n) is 3.86. The molecule has 13 heavy (non-hydrogen) atoms. The molecule has 0 aromatic heterocycles. The first-order chi connectivity index (χ1) is 6.25. The van der Waals surface area contributed by atoms with Gasteiger partial charge in [0.05, 0.1) is 6.61 Å². The smallest absolute Gasteiger partial charge is 0.0512 e. The van der Waals surface area contributed by atoms with Crippen LogP contribution >= 0.6 is 0 Å². The van der Waals surface area contributed by atoms with E-state index in [9.17, 15) is 0 Å². The van der Waals surface area contributed by atoms with Crippen LogP contribution < -0.4 is 5.32 Å². The maximum Gasteiger partial charge on any atom is 0.0512 e. The van der Waals surface area contributed by atoms with Crippen molar-refractivity contribution in [2.75, 3.05) is 19.8 Å². The molecular weight excluding hydrogens is 162 g/mol. The van der Waals surface area contributed by atoms with E-state index in [0.29, 0.717) is 12.0 Å². The van der Waals surface area contributed by atoms with Gasteiger partial charge < -0.3 is 10.1 Å². The summed E-state index contributed by atoms with van der Waals surface area (Å²) in [6.45, 7) is 11.1. The Morgan fingerprint density at radius 1 is 1.69 bits per heavy atom. The Labute approximate surface area is 81.4 Å². The lowest BCUT2D eigenvalue weighted by Crippen LogP contribution is -2.40. The lowest BCUT2D eigenvalue weighted by Gasteiger charge is -2.31. The van der Waals surface area contributed by atoms with Gasteiger partial charge in [-0.1, -0.05) is 19.1 Å². The van der Waals surface area contributed by atoms with Crippen LogP contribution in [0.15, 0.2) is 12.2 Å². The molecule has 1 aliphatic rings. The molecule has 1 N–H and O–H groups in total. The molecule has 76 valence electrons. The van der Waals surface area contributed by atoms with Crippen LogP contribution in [0.25, 0.3) is 0 Å². The molecule has 2 nitrogen and oxygen atoms in total. The normalized spacial score (nSPS) is 25.5. The highest BCUT2D eigenvalue weighted by atomic mass is 16.5. The van der Waals surface area contributed by atoms with Crippen molar-refractivity contribution in [1.29, 1.82) is 0 Å². The highest BCUT2D eigenvalue weighted by molar-refractivity contribution is 5.04. The second kappa shape index (κ2) is 5.40. The van der Waals surface area contributed by atoms with Gasteiger partial charge in [0.2, 0.25) is 0 Å². The minimum Gasteiger partial charge on any atom is -0.381 e. The highest BCUT2D eigenvalue weighted by Gasteiger charge is 2.23. The zero-order valence-electron chi connectivity index (χ0n) is 8.81. The zero-order valence-corrected chi connectivity index (χ0v) is 8.81.